The number of aromatic amines is 1. The van der Waals surface area contributed by atoms with Gasteiger partial charge in [-0.1, -0.05) is 0 Å². The Bertz CT molecular complexity index is 874. The molecule has 0 bridgehead atoms. The highest BCUT2D eigenvalue weighted by atomic mass is 15.3. The molecule has 114 valence electrons. The lowest BCUT2D eigenvalue weighted by atomic mass is 10.1. The number of nitrogens with one attached hydrogen (secondary N) is 1. The molecule has 1 aliphatic heterocycles. The minimum atomic E-state index is 0.785. The topological polar surface area (TPSA) is 75.5 Å². The molecule has 0 fully saturated rings. The van der Waals surface area contributed by atoms with E-state index in [1.807, 2.05) is 32.5 Å². The Morgan fingerprint density at radius 3 is 2.73 bits per heavy atom. The molecule has 1 aliphatic rings. The number of aryl methyl sites for hydroxylation is 4. The van der Waals surface area contributed by atoms with Crippen LogP contribution in [0.25, 0.3) is 11.0 Å². The number of aromatic nitrogens is 6. The summed E-state index contributed by atoms with van der Waals surface area (Å²) in [5, 5.41) is 12.0. The maximum absolute atomic E-state index is 4.71. The van der Waals surface area contributed by atoms with Gasteiger partial charge in [0.05, 0.1) is 11.4 Å². The zero-order chi connectivity index (χ0) is 15.4. The van der Waals surface area contributed by atoms with Crippen LogP contribution < -0.4 is 4.90 Å². The van der Waals surface area contributed by atoms with Gasteiger partial charge in [-0.25, -0.2) is 9.97 Å². The molecule has 0 aliphatic carbocycles. The molecule has 1 N–H and O–H groups in total. The molecule has 22 heavy (non-hydrogen) atoms. The van der Waals surface area contributed by atoms with E-state index in [-0.39, 0.29) is 0 Å². The quantitative estimate of drug-likeness (QED) is 0.738. The predicted octanol–water partition coefficient (Wildman–Crippen LogP) is 1.57. The molecule has 0 saturated carbocycles. The average Bonchev–Trinajstić information content (AvgIpc) is 2.99. The maximum atomic E-state index is 4.71. The van der Waals surface area contributed by atoms with Crippen LogP contribution in [0.2, 0.25) is 0 Å². The van der Waals surface area contributed by atoms with E-state index in [9.17, 15) is 0 Å². The fourth-order valence-corrected chi connectivity index (χ4v) is 3.26. The number of fused-ring (bicyclic) bond motifs is 2. The summed E-state index contributed by atoms with van der Waals surface area (Å²) in [5.74, 6) is 1.75. The highest BCUT2D eigenvalue weighted by Crippen LogP contribution is 2.30. The summed E-state index contributed by atoms with van der Waals surface area (Å²) in [6, 6.07) is 0. The van der Waals surface area contributed by atoms with Crippen LogP contribution in [-0.4, -0.2) is 36.5 Å². The summed E-state index contributed by atoms with van der Waals surface area (Å²) >= 11 is 0. The maximum Gasteiger partial charge on any atom is 0.158 e. The molecule has 0 saturated heterocycles. The second-order valence-corrected chi connectivity index (χ2v) is 5.94. The van der Waals surface area contributed by atoms with Gasteiger partial charge >= 0.3 is 0 Å². The molecule has 0 unspecified atom stereocenters. The smallest absolute Gasteiger partial charge is 0.158 e. The van der Waals surface area contributed by atoms with Gasteiger partial charge in [-0.05, 0) is 20.8 Å². The third kappa shape index (κ3) is 1.81. The number of hydrogen-bond donors (Lipinski definition) is 1. The molecule has 7 heteroatoms. The second-order valence-electron chi connectivity index (χ2n) is 5.94. The van der Waals surface area contributed by atoms with Crippen LogP contribution in [0.1, 0.15) is 28.5 Å². The predicted molar refractivity (Wildman–Crippen MR) is 83.9 cm³/mol. The lowest BCUT2D eigenvalue weighted by Crippen LogP contribution is -2.31. The summed E-state index contributed by atoms with van der Waals surface area (Å²) in [7, 11) is 1.95. The molecule has 0 spiro atoms. The first-order valence-electron chi connectivity index (χ1n) is 7.50. The van der Waals surface area contributed by atoms with E-state index in [0.29, 0.717) is 0 Å². The third-order valence-corrected chi connectivity index (χ3v) is 4.38. The van der Waals surface area contributed by atoms with E-state index < -0.39 is 0 Å². The Morgan fingerprint density at radius 1 is 1.09 bits per heavy atom. The SMILES string of the molecule is Cc1nc(N2CCc3[nH]nc(C)c3C2)c2c(n1)c(C)nn2C. The van der Waals surface area contributed by atoms with Crippen molar-refractivity contribution < 1.29 is 0 Å². The van der Waals surface area contributed by atoms with Gasteiger partial charge in [0.1, 0.15) is 16.9 Å². The minimum Gasteiger partial charge on any atom is -0.350 e. The molecular formula is C15H19N7. The molecule has 4 heterocycles. The van der Waals surface area contributed by atoms with Crippen molar-refractivity contribution in [2.75, 3.05) is 11.4 Å². The monoisotopic (exact) mass is 297 g/mol. The van der Waals surface area contributed by atoms with Crippen molar-refractivity contribution in [3.8, 4) is 0 Å². The van der Waals surface area contributed by atoms with Gasteiger partial charge in [-0.15, -0.1) is 0 Å². The van der Waals surface area contributed by atoms with E-state index in [1.54, 1.807) is 0 Å². The van der Waals surface area contributed by atoms with E-state index in [2.05, 4.69) is 25.2 Å². The van der Waals surface area contributed by atoms with Gasteiger partial charge in [0.2, 0.25) is 0 Å². The first-order valence-corrected chi connectivity index (χ1v) is 7.50. The highest BCUT2D eigenvalue weighted by Gasteiger charge is 2.25. The Balaban J connectivity index is 1.87. The van der Waals surface area contributed by atoms with E-state index in [1.165, 1.54) is 11.3 Å². The van der Waals surface area contributed by atoms with Crippen molar-refractivity contribution in [3.63, 3.8) is 0 Å². The standard InChI is InChI=1S/C15H19N7/c1-8-11-7-22(6-5-12(11)19-18-8)15-14-13(16-10(3)17-15)9(2)20-21(14)4/h5-7H2,1-4H3,(H,18,19). The zero-order valence-corrected chi connectivity index (χ0v) is 13.3. The number of nitrogens with zero attached hydrogens (tertiary/aromatic N) is 6. The summed E-state index contributed by atoms with van der Waals surface area (Å²) < 4.78 is 1.89. The summed E-state index contributed by atoms with van der Waals surface area (Å²) in [5.41, 5.74) is 6.50. The minimum absolute atomic E-state index is 0.785. The Hall–Kier alpha value is -2.44. The fraction of sp³-hybridized carbons (Fsp3) is 0.467. The number of rotatable bonds is 1. The van der Waals surface area contributed by atoms with Crippen LogP contribution >= 0.6 is 0 Å². The van der Waals surface area contributed by atoms with Crippen molar-refractivity contribution in [2.45, 2.75) is 33.7 Å². The van der Waals surface area contributed by atoms with Crippen LogP contribution in [0.5, 0.6) is 0 Å². The van der Waals surface area contributed by atoms with Gasteiger partial charge in [-0.3, -0.25) is 9.78 Å². The fourth-order valence-electron chi connectivity index (χ4n) is 3.26. The summed E-state index contributed by atoms with van der Waals surface area (Å²) in [6.07, 6.45) is 0.956. The first kappa shape index (κ1) is 13.2. The molecule has 0 amide bonds. The third-order valence-electron chi connectivity index (χ3n) is 4.38. The molecule has 4 rings (SSSR count). The number of H-pyrrole nitrogens is 1. The van der Waals surface area contributed by atoms with Gasteiger partial charge in [0.15, 0.2) is 5.82 Å². The van der Waals surface area contributed by atoms with Crippen LogP contribution in [0.15, 0.2) is 0 Å². The normalized spacial score (nSPS) is 14.6. The van der Waals surface area contributed by atoms with Crippen LogP contribution in [0, 0.1) is 20.8 Å². The summed E-state index contributed by atoms with van der Waals surface area (Å²) in [4.78, 5) is 11.6. The molecule has 0 radical (unpaired) electrons. The zero-order valence-electron chi connectivity index (χ0n) is 13.3. The van der Waals surface area contributed by atoms with Crippen molar-refractivity contribution in [2.24, 2.45) is 7.05 Å². The number of hydrogen-bond acceptors (Lipinski definition) is 5. The van der Waals surface area contributed by atoms with E-state index in [0.717, 1.165) is 53.6 Å². The molecule has 0 atom stereocenters. The van der Waals surface area contributed by atoms with Crippen LogP contribution in [0.4, 0.5) is 5.82 Å². The Kier molecular flexibility index (Phi) is 2.72. The second kappa shape index (κ2) is 4.53. The van der Waals surface area contributed by atoms with Crippen LogP contribution in [-0.2, 0) is 20.0 Å². The van der Waals surface area contributed by atoms with Crippen molar-refractivity contribution in [3.05, 3.63) is 28.5 Å². The van der Waals surface area contributed by atoms with E-state index >= 15 is 0 Å². The lowest BCUT2D eigenvalue weighted by Gasteiger charge is -2.28. The first-order chi connectivity index (χ1) is 10.5. The van der Waals surface area contributed by atoms with Gasteiger partial charge < -0.3 is 4.90 Å². The molecule has 7 nitrogen and oxygen atoms in total. The van der Waals surface area contributed by atoms with Crippen LogP contribution in [0.3, 0.4) is 0 Å². The lowest BCUT2D eigenvalue weighted by molar-refractivity contribution is 0.703. The van der Waals surface area contributed by atoms with Gasteiger partial charge in [0, 0.05) is 37.8 Å². The van der Waals surface area contributed by atoms with Gasteiger partial charge in [0.25, 0.3) is 0 Å². The Labute approximate surface area is 128 Å². The molecule has 3 aromatic rings. The van der Waals surface area contributed by atoms with Crippen molar-refractivity contribution in [1.82, 2.24) is 29.9 Å². The van der Waals surface area contributed by atoms with E-state index in [4.69, 9.17) is 4.98 Å². The van der Waals surface area contributed by atoms with Crippen molar-refractivity contribution in [1.29, 1.82) is 0 Å². The molecule has 3 aromatic heterocycles. The van der Waals surface area contributed by atoms with Crippen molar-refractivity contribution >= 4 is 16.9 Å². The molecule has 0 aromatic carbocycles. The average molecular weight is 297 g/mol. The van der Waals surface area contributed by atoms with Gasteiger partial charge in [-0.2, -0.15) is 10.2 Å². The largest absolute Gasteiger partial charge is 0.350 e. The molecular weight excluding hydrogens is 278 g/mol. The Morgan fingerprint density at radius 2 is 1.91 bits per heavy atom. The number of anilines is 1. The summed E-state index contributed by atoms with van der Waals surface area (Å²) in [6.45, 7) is 7.73. The highest BCUT2D eigenvalue weighted by molar-refractivity contribution is 5.88.